The van der Waals surface area contributed by atoms with E-state index in [4.69, 9.17) is 0 Å². The normalized spacial score (nSPS) is 24.0. The van der Waals surface area contributed by atoms with Crippen molar-refractivity contribution in [3.8, 4) is 0 Å². The van der Waals surface area contributed by atoms with Gasteiger partial charge >= 0.3 is 0 Å². The Kier molecular flexibility index (Phi) is 2.79. The highest BCUT2D eigenvalue weighted by Crippen LogP contribution is 2.04. The van der Waals surface area contributed by atoms with Crippen molar-refractivity contribution in [2.75, 3.05) is 19.6 Å². The first-order valence-corrected chi connectivity index (χ1v) is 5.05. The van der Waals surface area contributed by atoms with Gasteiger partial charge in [0.15, 0.2) is 0 Å². The predicted octanol–water partition coefficient (Wildman–Crippen LogP) is -0.391. The molecule has 1 saturated heterocycles. The average Bonchev–Trinajstić information content (AvgIpc) is 2.52. The minimum atomic E-state index is 0.588. The zero-order valence-corrected chi connectivity index (χ0v) is 8.77. The van der Waals surface area contributed by atoms with Gasteiger partial charge < -0.3 is 5.32 Å². The van der Waals surface area contributed by atoms with Crippen molar-refractivity contribution in [3.05, 3.63) is 11.9 Å². The Morgan fingerprint density at radius 1 is 1.64 bits per heavy atom. The number of piperazine rings is 1. The fourth-order valence-corrected chi connectivity index (χ4v) is 1.84. The van der Waals surface area contributed by atoms with Crippen LogP contribution in [0.2, 0.25) is 0 Å². The van der Waals surface area contributed by atoms with Gasteiger partial charge in [0.2, 0.25) is 0 Å². The van der Waals surface area contributed by atoms with Gasteiger partial charge in [-0.15, -0.1) is 5.10 Å². The quantitative estimate of drug-likeness (QED) is 0.698. The lowest BCUT2D eigenvalue weighted by Gasteiger charge is -2.31. The summed E-state index contributed by atoms with van der Waals surface area (Å²) in [6.07, 6.45) is 1.84. The maximum Gasteiger partial charge on any atom is 0.0738 e. The van der Waals surface area contributed by atoms with Crippen molar-refractivity contribution in [1.82, 2.24) is 25.2 Å². The van der Waals surface area contributed by atoms with E-state index in [-0.39, 0.29) is 0 Å². The minimum absolute atomic E-state index is 0.588. The van der Waals surface area contributed by atoms with Gasteiger partial charge in [-0.05, 0) is 6.92 Å². The van der Waals surface area contributed by atoms with Gasteiger partial charge in [0.05, 0.1) is 11.9 Å². The van der Waals surface area contributed by atoms with Crippen LogP contribution in [0.3, 0.4) is 0 Å². The van der Waals surface area contributed by atoms with E-state index < -0.39 is 0 Å². The van der Waals surface area contributed by atoms with Crippen LogP contribution in [0.5, 0.6) is 0 Å². The first-order valence-electron chi connectivity index (χ1n) is 5.05. The molecule has 1 N–H and O–H groups in total. The third kappa shape index (κ3) is 2.10. The summed E-state index contributed by atoms with van der Waals surface area (Å²) in [6.45, 7) is 6.45. The Hall–Kier alpha value is -0.940. The molecule has 1 atom stereocenters. The summed E-state index contributed by atoms with van der Waals surface area (Å²) in [5.41, 5.74) is 1.18. The molecule has 0 saturated carbocycles. The van der Waals surface area contributed by atoms with Crippen LogP contribution in [-0.4, -0.2) is 45.6 Å². The lowest BCUT2D eigenvalue weighted by molar-refractivity contribution is 0.195. The molecule has 14 heavy (non-hydrogen) atoms. The molecule has 1 aromatic rings. The van der Waals surface area contributed by atoms with Crippen LogP contribution in [0.4, 0.5) is 0 Å². The zero-order valence-electron chi connectivity index (χ0n) is 8.77. The summed E-state index contributed by atoms with van der Waals surface area (Å²) in [6, 6.07) is 0.588. The van der Waals surface area contributed by atoms with Crippen molar-refractivity contribution >= 4 is 0 Å². The smallest absolute Gasteiger partial charge is 0.0738 e. The summed E-state index contributed by atoms with van der Waals surface area (Å²) in [4.78, 5) is 2.43. The molecule has 1 aliphatic rings. The summed E-state index contributed by atoms with van der Waals surface area (Å²) in [5, 5.41) is 11.2. The number of nitrogens with zero attached hydrogens (tertiary/aromatic N) is 4. The summed E-state index contributed by atoms with van der Waals surface area (Å²) >= 11 is 0. The van der Waals surface area contributed by atoms with Gasteiger partial charge in [-0.2, -0.15) is 0 Å². The first kappa shape index (κ1) is 9.61. The number of aromatic nitrogens is 3. The second-order valence-corrected chi connectivity index (χ2v) is 3.94. The number of aryl methyl sites for hydroxylation is 1. The van der Waals surface area contributed by atoms with E-state index in [1.54, 1.807) is 0 Å². The molecule has 0 radical (unpaired) electrons. The molecule has 5 heteroatoms. The monoisotopic (exact) mass is 195 g/mol. The molecule has 2 rings (SSSR count). The van der Waals surface area contributed by atoms with Gasteiger partial charge in [0.25, 0.3) is 0 Å². The van der Waals surface area contributed by atoms with E-state index in [0.29, 0.717) is 6.04 Å². The van der Waals surface area contributed by atoms with Crippen molar-refractivity contribution < 1.29 is 0 Å². The summed E-state index contributed by atoms with van der Waals surface area (Å²) in [7, 11) is 1.94. The van der Waals surface area contributed by atoms with Crippen LogP contribution in [0, 0.1) is 0 Å². The maximum absolute atomic E-state index is 3.93. The fourth-order valence-electron chi connectivity index (χ4n) is 1.84. The van der Waals surface area contributed by atoms with Gasteiger partial charge in [0.1, 0.15) is 0 Å². The Balaban J connectivity index is 1.94. The second-order valence-electron chi connectivity index (χ2n) is 3.94. The molecule has 0 spiro atoms. The van der Waals surface area contributed by atoms with Crippen LogP contribution in [0.1, 0.15) is 12.6 Å². The minimum Gasteiger partial charge on any atom is -0.312 e. The van der Waals surface area contributed by atoms with Gasteiger partial charge in [0, 0.05) is 39.3 Å². The molecular formula is C9H17N5. The van der Waals surface area contributed by atoms with Crippen molar-refractivity contribution in [3.63, 3.8) is 0 Å². The number of hydrogen-bond donors (Lipinski definition) is 1. The standard InChI is InChI=1S/C9H17N5/c1-8-6-14(4-3-10-8)7-9-5-11-12-13(9)2/h5,8,10H,3-4,6-7H2,1-2H3/t8-/m0/s1. The zero-order chi connectivity index (χ0) is 9.97. The number of hydrogen-bond acceptors (Lipinski definition) is 4. The Bertz CT molecular complexity index is 295. The van der Waals surface area contributed by atoms with Gasteiger partial charge in [-0.1, -0.05) is 5.21 Å². The fraction of sp³-hybridized carbons (Fsp3) is 0.778. The number of rotatable bonds is 2. The van der Waals surface area contributed by atoms with E-state index in [9.17, 15) is 0 Å². The molecular weight excluding hydrogens is 178 g/mol. The third-order valence-electron chi connectivity index (χ3n) is 2.65. The van der Waals surface area contributed by atoms with E-state index in [0.717, 1.165) is 26.2 Å². The van der Waals surface area contributed by atoms with Crippen LogP contribution in [-0.2, 0) is 13.6 Å². The molecule has 1 fully saturated rings. The second kappa shape index (κ2) is 4.06. The van der Waals surface area contributed by atoms with Crippen LogP contribution < -0.4 is 5.32 Å². The van der Waals surface area contributed by atoms with Crippen molar-refractivity contribution in [2.45, 2.75) is 19.5 Å². The van der Waals surface area contributed by atoms with Gasteiger partial charge in [-0.25, -0.2) is 0 Å². The maximum atomic E-state index is 3.93. The molecule has 0 aromatic carbocycles. The SMILES string of the molecule is C[C@H]1CN(Cc2cnnn2C)CCN1. The molecule has 2 heterocycles. The van der Waals surface area contributed by atoms with Crippen molar-refractivity contribution in [1.29, 1.82) is 0 Å². The Morgan fingerprint density at radius 3 is 3.14 bits per heavy atom. The first-order chi connectivity index (χ1) is 6.75. The number of nitrogens with one attached hydrogen (secondary N) is 1. The van der Waals surface area contributed by atoms with Gasteiger partial charge in [-0.3, -0.25) is 9.58 Å². The summed E-state index contributed by atoms with van der Waals surface area (Å²) in [5.74, 6) is 0. The Morgan fingerprint density at radius 2 is 2.50 bits per heavy atom. The lowest BCUT2D eigenvalue weighted by atomic mass is 10.2. The highest BCUT2D eigenvalue weighted by Gasteiger charge is 2.16. The lowest BCUT2D eigenvalue weighted by Crippen LogP contribution is -2.48. The molecule has 78 valence electrons. The van der Waals surface area contributed by atoms with E-state index >= 15 is 0 Å². The molecule has 1 aliphatic heterocycles. The Labute approximate surface area is 84.1 Å². The highest BCUT2D eigenvalue weighted by atomic mass is 15.4. The summed E-state index contributed by atoms with van der Waals surface area (Å²) < 4.78 is 1.84. The molecule has 0 unspecified atom stereocenters. The van der Waals surface area contributed by atoms with E-state index in [1.165, 1.54) is 5.69 Å². The molecule has 0 bridgehead atoms. The molecule has 5 nitrogen and oxygen atoms in total. The van der Waals surface area contributed by atoms with Crippen LogP contribution in [0.25, 0.3) is 0 Å². The molecule has 0 aliphatic carbocycles. The predicted molar refractivity (Wildman–Crippen MR) is 53.7 cm³/mol. The van der Waals surface area contributed by atoms with Crippen molar-refractivity contribution in [2.24, 2.45) is 7.05 Å². The molecule has 1 aromatic heterocycles. The van der Waals surface area contributed by atoms with Crippen LogP contribution >= 0.6 is 0 Å². The average molecular weight is 195 g/mol. The van der Waals surface area contributed by atoms with E-state index in [1.807, 2.05) is 17.9 Å². The highest BCUT2D eigenvalue weighted by molar-refractivity contribution is 4.94. The topological polar surface area (TPSA) is 46.0 Å². The third-order valence-corrected chi connectivity index (χ3v) is 2.65. The van der Waals surface area contributed by atoms with E-state index in [2.05, 4.69) is 27.5 Å². The molecule has 0 amide bonds. The largest absolute Gasteiger partial charge is 0.312 e. The van der Waals surface area contributed by atoms with Crippen LogP contribution in [0.15, 0.2) is 6.20 Å².